The lowest BCUT2D eigenvalue weighted by atomic mass is 10.2. The van der Waals surface area contributed by atoms with E-state index in [0.717, 1.165) is 18.5 Å². The molecule has 0 aromatic heterocycles. The molecule has 0 bridgehead atoms. The standard InChI is InChI=1S/C18H21N3O3S2/c22-26(23,19-13-16-7-4-12-24-16)17-10-8-15(9-11-17)21-18(25)20-14-5-2-1-3-6-14/h1-3,5-6,8-11,16,19H,4,7,12-13H2,(H2,20,21,25). The molecule has 3 N–H and O–H groups in total. The number of anilines is 2. The Bertz CT molecular complexity index is 834. The predicted molar refractivity (Wildman–Crippen MR) is 107 cm³/mol. The van der Waals surface area contributed by atoms with Gasteiger partial charge in [0.2, 0.25) is 10.0 Å². The molecule has 1 fully saturated rings. The highest BCUT2D eigenvalue weighted by Crippen LogP contribution is 2.16. The minimum absolute atomic E-state index is 0.0350. The van der Waals surface area contributed by atoms with Crippen molar-refractivity contribution in [3.63, 3.8) is 0 Å². The lowest BCUT2D eigenvalue weighted by molar-refractivity contribution is 0.114. The van der Waals surface area contributed by atoms with Crippen LogP contribution in [0.3, 0.4) is 0 Å². The van der Waals surface area contributed by atoms with Crippen molar-refractivity contribution in [3.8, 4) is 0 Å². The van der Waals surface area contributed by atoms with Gasteiger partial charge in [0, 0.05) is 24.5 Å². The number of thiocarbonyl (C=S) groups is 1. The van der Waals surface area contributed by atoms with Crippen LogP contribution in [0.25, 0.3) is 0 Å². The van der Waals surface area contributed by atoms with E-state index in [1.807, 2.05) is 30.3 Å². The molecular weight excluding hydrogens is 370 g/mol. The zero-order chi connectivity index (χ0) is 18.4. The van der Waals surface area contributed by atoms with Gasteiger partial charge in [0.05, 0.1) is 11.0 Å². The second-order valence-corrected chi connectivity index (χ2v) is 8.13. The molecule has 0 radical (unpaired) electrons. The molecule has 0 amide bonds. The van der Waals surface area contributed by atoms with Crippen molar-refractivity contribution in [2.75, 3.05) is 23.8 Å². The number of benzene rings is 2. The topological polar surface area (TPSA) is 79.5 Å². The minimum atomic E-state index is -3.55. The van der Waals surface area contributed by atoms with Crippen LogP contribution in [0.2, 0.25) is 0 Å². The molecule has 0 spiro atoms. The van der Waals surface area contributed by atoms with E-state index >= 15 is 0 Å². The number of rotatable bonds is 6. The minimum Gasteiger partial charge on any atom is -0.377 e. The number of hydrogen-bond acceptors (Lipinski definition) is 4. The number of sulfonamides is 1. The summed E-state index contributed by atoms with van der Waals surface area (Å²) in [5, 5.41) is 6.53. The highest BCUT2D eigenvalue weighted by atomic mass is 32.2. The van der Waals surface area contributed by atoms with Gasteiger partial charge in [-0.1, -0.05) is 18.2 Å². The second-order valence-electron chi connectivity index (χ2n) is 5.96. The lowest BCUT2D eigenvalue weighted by Gasteiger charge is -2.13. The fraction of sp³-hybridized carbons (Fsp3) is 0.278. The summed E-state index contributed by atoms with van der Waals surface area (Å²) in [6.45, 7) is 0.997. The molecule has 138 valence electrons. The van der Waals surface area contributed by atoms with E-state index in [2.05, 4.69) is 15.4 Å². The van der Waals surface area contributed by atoms with Crippen molar-refractivity contribution in [2.24, 2.45) is 0 Å². The quantitative estimate of drug-likeness (QED) is 0.657. The summed E-state index contributed by atoms with van der Waals surface area (Å²) >= 11 is 5.26. The average Bonchev–Trinajstić information content (AvgIpc) is 3.15. The van der Waals surface area contributed by atoms with E-state index in [0.29, 0.717) is 24.0 Å². The molecule has 2 aromatic carbocycles. The molecule has 1 unspecified atom stereocenters. The van der Waals surface area contributed by atoms with Crippen LogP contribution >= 0.6 is 12.2 Å². The number of ether oxygens (including phenoxy) is 1. The summed E-state index contributed by atoms with van der Waals surface area (Å²) in [5.41, 5.74) is 1.58. The van der Waals surface area contributed by atoms with E-state index in [4.69, 9.17) is 17.0 Å². The molecule has 1 atom stereocenters. The van der Waals surface area contributed by atoms with Gasteiger partial charge in [-0.3, -0.25) is 0 Å². The first-order valence-corrected chi connectivity index (χ1v) is 10.3. The summed E-state index contributed by atoms with van der Waals surface area (Å²) in [6.07, 6.45) is 1.83. The van der Waals surface area contributed by atoms with Crippen molar-refractivity contribution in [2.45, 2.75) is 23.8 Å². The number of para-hydroxylation sites is 1. The van der Waals surface area contributed by atoms with Crippen LogP contribution in [0.1, 0.15) is 12.8 Å². The highest BCUT2D eigenvalue weighted by molar-refractivity contribution is 7.89. The Kier molecular flexibility index (Phi) is 6.20. The van der Waals surface area contributed by atoms with Gasteiger partial charge in [0.1, 0.15) is 0 Å². The van der Waals surface area contributed by atoms with Crippen LogP contribution < -0.4 is 15.4 Å². The van der Waals surface area contributed by atoms with Crippen LogP contribution in [0, 0.1) is 0 Å². The largest absolute Gasteiger partial charge is 0.377 e. The molecule has 1 aliphatic heterocycles. The molecule has 2 aromatic rings. The fourth-order valence-electron chi connectivity index (χ4n) is 2.62. The summed E-state index contributed by atoms with van der Waals surface area (Å²) < 4.78 is 32.7. The molecule has 0 saturated carbocycles. The molecule has 1 heterocycles. The molecular formula is C18H21N3O3S2. The highest BCUT2D eigenvalue weighted by Gasteiger charge is 2.20. The van der Waals surface area contributed by atoms with Gasteiger partial charge in [-0.15, -0.1) is 0 Å². The first-order valence-electron chi connectivity index (χ1n) is 8.37. The summed E-state index contributed by atoms with van der Waals surface area (Å²) in [7, 11) is -3.55. The van der Waals surface area contributed by atoms with Crippen molar-refractivity contribution >= 4 is 38.7 Å². The van der Waals surface area contributed by atoms with E-state index in [9.17, 15) is 8.42 Å². The average molecular weight is 392 g/mol. The number of nitrogens with one attached hydrogen (secondary N) is 3. The monoisotopic (exact) mass is 391 g/mol. The Hall–Kier alpha value is -2.00. The molecule has 0 aliphatic carbocycles. The first-order chi connectivity index (χ1) is 12.5. The Morgan fingerprint density at radius 2 is 1.69 bits per heavy atom. The maximum absolute atomic E-state index is 12.3. The molecule has 3 rings (SSSR count). The Balaban J connectivity index is 1.56. The van der Waals surface area contributed by atoms with E-state index in [-0.39, 0.29) is 11.0 Å². The zero-order valence-corrected chi connectivity index (χ0v) is 15.8. The third-order valence-corrected chi connectivity index (χ3v) is 5.62. The van der Waals surface area contributed by atoms with Crippen LogP contribution in [0.4, 0.5) is 11.4 Å². The van der Waals surface area contributed by atoms with Gasteiger partial charge in [0.15, 0.2) is 5.11 Å². The van der Waals surface area contributed by atoms with Crippen molar-refractivity contribution in [1.29, 1.82) is 0 Å². The van der Waals surface area contributed by atoms with Crippen LogP contribution in [-0.4, -0.2) is 32.8 Å². The Labute approximate surface area is 159 Å². The normalized spacial score (nSPS) is 17.0. The van der Waals surface area contributed by atoms with Crippen molar-refractivity contribution in [1.82, 2.24) is 4.72 Å². The maximum Gasteiger partial charge on any atom is 0.240 e. The smallest absolute Gasteiger partial charge is 0.240 e. The first kappa shape index (κ1) is 18.8. The summed E-state index contributed by atoms with van der Waals surface area (Å²) in [5.74, 6) is 0. The predicted octanol–water partition coefficient (Wildman–Crippen LogP) is 2.95. The van der Waals surface area contributed by atoms with Gasteiger partial charge in [-0.25, -0.2) is 13.1 Å². The third kappa shape index (κ3) is 5.25. The van der Waals surface area contributed by atoms with Crippen molar-refractivity contribution in [3.05, 3.63) is 54.6 Å². The van der Waals surface area contributed by atoms with Gasteiger partial charge < -0.3 is 15.4 Å². The maximum atomic E-state index is 12.3. The van der Waals surface area contributed by atoms with Crippen LogP contribution in [0.5, 0.6) is 0 Å². The Morgan fingerprint density at radius 3 is 2.31 bits per heavy atom. The molecule has 1 aliphatic rings. The van der Waals surface area contributed by atoms with Crippen LogP contribution in [-0.2, 0) is 14.8 Å². The SMILES string of the molecule is O=S(=O)(NCC1CCCO1)c1ccc(NC(=S)Nc2ccccc2)cc1. The fourth-order valence-corrected chi connectivity index (χ4v) is 3.93. The van der Waals surface area contributed by atoms with E-state index < -0.39 is 10.0 Å². The van der Waals surface area contributed by atoms with Gasteiger partial charge in [-0.2, -0.15) is 0 Å². The summed E-state index contributed by atoms with van der Waals surface area (Å²) in [4.78, 5) is 0.211. The molecule has 6 nitrogen and oxygen atoms in total. The zero-order valence-electron chi connectivity index (χ0n) is 14.1. The summed E-state index contributed by atoms with van der Waals surface area (Å²) in [6, 6.07) is 16.0. The van der Waals surface area contributed by atoms with Crippen molar-refractivity contribution < 1.29 is 13.2 Å². The molecule has 8 heteroatoms. The second kappa shape index (κ2) is 8.59. The van der Waals surface area contributed by atoms with Gasteiger partial charge in [0.25, 0.3) is 0 Å². The number of hydrogen-bond donors (Lipinski definition) is 3. The lowest BCUT2D eigenvalue weighted by Crippen LogP contribution is -2.31. The molecule has 1 saturated heterocycles. The van der Waals surface area contributed by atoms with Gasteiger partial charge >= 0.3 is 0 Å². The van der Waals surface area contributed by atoms with Crippen LogP contribution in [0.15, 0.2) is 59.5 Å². The molecule has 26 heavy (non-hydrogen) atoms. The van der Waals surface area contributed by atoms with E-state index in [1.54, 1.807) is 24.3 Å². The third-order valence-electron chi connectivity index (χ3n) is 3.98. The van der Waals surface area contributed by atoms with Gasteiger partial charge in [-0.05, 0) is 61.5 Å². The Morgan fingerprint density at radius 1 is 1.04 bits per heavy atom. The van der Waals surface area contributed by atoms with E-state index in [1.165, 1.54) is 0 Å².